The molecule has 2 saturated heterocycles. The van der Waals surface area contributed by atoms with Crippen molar-refractivity contribution < 1.29 is 14.7 Å². The van der Waals surface area contributed by atoms with Gasteiger partial charge in [-0.25, -0.2) is 4.31 Å². The predicted molar refractivity (Wildman–Crippen MR) is 166 cm³/mol. The van der Waals surface area contributed by atoms with Crippen molar-refractivity contribution in [1.29, 1.82) is 0 Å². The second-order valence-electron chi connectivity index (χ2n) is 11.4. The molecule has 1 aromatic rings. The van der Waals surface area contributed by atoms with Crippen molar-refractivity contribution in [3.8, 4) is 5.75 Å². The number of piperidine rings is 1. The Morgan fingerprint density at radius 2 is 2.00 bits per heavy atom. The van der Waals surface area contributed by atoms with Crippen molar-refractivity contribution in [3.05, 3.63) is 48.6 Å². The average Bonchev–Trinajstić information content (AvgIpc) is 3.19. The first kappa shape index (κ1) is 32.5. The minimum absolute atomic E-state index is 0.447. The van der Waals surface area contributed by atoms with Gasteiger partial charge in [0, 0.05) is 57.9 Å². The van der Waals surface area contributed by atoms with Crippen LogP contribution < -0.4 is 15.4 Å². The molecule has 2 fully saturated rings. The topological polar surface area (TPSA) is 85.5 Å². The second kappa shape index (κ2) is 15.8. The molecule has 2 aliphatic rings. The van der Waals surface area contributed by atoms with Crippen LogP contribution in [-0.4, -0.2) is 83.3 Å². The first-order chi connectivity index (χ1) is 19.2. The van der Waals surface area contributed by atoms with Crippen LogP contribution in [0.3, 0.4) is 0 Å². The van der Waals surface area contributed by atoms with Crippen molar-refractivity contribution in [2.75, 3.05) is 57.8 Å². The summed E-state index contributed by atoms with van der Waals surface area (Å²) in [4.78, 5) is 17.3. The quantitative estimate of drug-likeness (QED) is 0.175. The highest BCUT2D eigenvalue weighted by atomic mass is 32.2. The third-order valence-electron chi connectivity index (χ3n) is 8.77. The van der Waals surface area contributed by atoms with E-state index in [0.29, 0.717) is 37.8 Å². The maximum atomic E-state index is 12.6. The van der Waals surface area contributed by atoms with E-state index in [9.17, 15) is 10.0 Å². The Morgan fingerprint density at radius 3 is 2.65 bits per heavy atom. The number of rotatable bonds is 14. The van der Waals surface area contributed by atoms with E-state index < -0.39 is 11.4 Å². The maximum Gasteiger partial charge on any atom is 0.241 e. The summed E-state index contributed by atoms with van der Waals surface area (Å²) in [6, 6.07) is 8.25. The van der Waals surface area contributed by atoms with Gasteiger partial charge in [-0.05, 0) is 76.3 Å². The smallest absolute Gasteiger partial charge is 0.241 e. The number of hydrogen-bond acceptors (Lipinski definition) is 8. The van der Waals surface area contributed by atoms with Crippen LogP contribution in [-0.2, 0) is 4.79 Å². The molecule has 3 rings (SSSR count). The van der Waals surface area contributed by atoms with Crippen molar-refractivity contribution in [2.24, 2.45) is 17.6 Å². The molecule has 0 spiro atoms. The van der Waals surface area contributed by atoms with Crippen LogP contribution in [0.1, 0.15) is 59.3 Å². The summed E-state index contributed by atoms with van der Waals surface area (Å²) in [5, 5.41) is 11.2. The molecule has 0 saturated carbocycles. The summed E-state index contributed by atoms with van der Waals surface area (Å²) in [5.41, 5.74) is 7.24. The van der Waals surface area contributed by atoms with Crippen molar-refractivity contribution in [3.63, 3.8) is 0 Å². The fraction of sp³-hybridized carbons (Fsp3) is 0.645. The molecule has 0 aliphatic carbocycles. The Bertz CT molecular complexity index is 981. The molecular weight excluding hydrogens is 522 g/mol. The second-order valence-corrected chi connectivity index (χ2v) is 12.4. The Labute approximate surface area is 246 Å². The normalized spacial score (nSPS) is 21.6. The van der Waals surface area contributed by atoms with Gasteiger partial charge < -0.3 is 20.6 Å². The minimum Gasteiger partial charge on any atom is -0.495 e. The van der Waals surface area contributed by atoms with Crippen molar-refractivity contribution in [1.82, 2.24) is 13.7 Å². The number of amides is 1. The van der Waals surface area contributed by atoms with Crippen LogP contribution in [0.15, 0.2) is 48.6 Å². The number of allylic oxidation sites excluding steroid dienone is 2. The van der Waals surface area contributed by atoms with Gasteiger partial charge >= 0.3 is 0 Å². The van der Waals surface area contributed by atoms with Gasteiger partial charge in [-0.15, -0.1) is 4.47 Å². The molecule has 0 bridgehead atoms. The van der Waals surface area contributed by atoms with Crippen LogP contribution in [0.5, 0.6) is 5.75 Å². The largest absolute Gasteiger partial charge is 0.495 e. The molecule has 2 atom stereocenters. The van der Waals surface area contributed by atoms with Gasteiger partial charge in [-0.2, -0.15) is 0 Å². The fourth-order valence-electron chi connectivity index (χ4n) is 6.09. The van der Waals surface area contributed by atoms with Gasteiger partial charge in [-0.1, -0.05) is 43.4 Å². The zero-order chi connectivity index (χ0) is 29.1. The van der Waals surface area contributed by atoms with Crippen LogP contribution in [0.2, 0.25) is 0 Å². The molecule has 40 heavy (non-hydrogen) atoms. The highest BCUT2D eigenvalue weighted by Crippen LogP contribution is 2.37. The van der Waals surface area contributed by atoms with E-state index in [4.69, 9.17) is 10.5 Å². The lowest BCUT2D eigenvalue weighted by atomic mass is 9.85. The number of carbonyl (C=O) groups is 1. The minimum atomic E-state index is -1.04. The summed E-state index contributed by atoms with van der Waals surface area (Å²) in [6.45, 7) is 16.4. The summed E-state index contributed by atoms with van der Waals surface area (Å²) in [5.74, 6) is 1.71. The van der Waals surface area contributed by atoms with Crippen LogP contribution in [0.25, 0.3) is 0 Å². The number of primary amides is 1. The highest BCUT2D eigenvalue weighted by molar-refractivity contribution is 7.94. The SMILES string of the molecule is C=C/C=C(\C)CN1CCC(C(N)=O)(N(O)SN2CCCC(C(C)CCN(CC)c3ccccc3OC)CC2)CC1. The molecule has 2 unspecified atom stereocenters. The molecular formula is C31H51N5O3S. The van der Waals surface area contributed by atoms with E-state index >= 15 is 0 Å². The van der Waals surface area contributed by atoms with E-state index in [1.165, 1.54) is 28.6 Å². The summed E-state index contributed by atoms with van der Waals surface area (Å²) in [7, 11) is 1.73. The number of benzene rings is 1. The van der Waals surface area contributed by atoms with Crippen molar-refractivity contribution in [2.45, 2.75) is 64.8 Å². The van der Waals surface area contributed by atoms with Gasteiger partial charge in [0.2, 0.25) is 5.91 Å². The van der Waals surface area contributed by atoms with Gasteiger partial charge in [-0.3, -0.25) is 9.69 Å². The third kappa shape index (κ3) is 8.49. The molecule has 2 aliphatic heterocycles. The zero-order valence-electron chi connectivity index (χ0n) is 25.1. The maximum absolute atomic E-state index is 12.6. The summed E-state index contributed by atoms with van der Waals surface area (Å²) >= 11 is 1.28. The standard InChI is InChI=1S/C31H51N5O3S/c1-6-11-25(3)24-33-22-17-31(18-23-33,30(32)37)36(38)40-35-19-10-12-27(16-21-35)26(4)15-20-34(7-2)28-13-8-9-14-29(28)39-5/h6,8-9,11,13-14,26-27,38H,1,7,10,12,15-24H2,2-5H3,(H2,32,37)/b25-11+. The molecule has 2 heterocycles. The molecule has 224 valence electrons. The lowest BCUT2D eigenvalue weighted by Gasteiger charge is -2.43. The Kier molecular flexibility index (Phi) is 12.8. The monoisotopic (exact) mass is 573 g/mol. The number of nitrogens with zero attached hydrogens (tertiary/aromatic N) is 4. The molecule has 9 heteroatoms. The predicted octanol–water partition coefficient (Wildman–Crippen LogP) is 5.36. The summed E-state index contributed by atoms with van der Waals surface area (Å²) in [6.07, 6.45) is 9.30. The fourth-order valence-corrected chi connectivity index (χ4v) is 7.13. The number of anilines is 1. The lowest BCUT2D eigenvalue weighted by Crippen LogP contribution is -2.60. The van der Waals surface area contributed by atoms with Crippen molar-refractivity contribution >= 4 is 23.7 Å². The number of nitrogens with two attached hydrogens (primary N) is 1. The number of methoxy groups -OCH3 is 1. The van der Waals surface area contributed by atoms with Gasteiger partial charge in [0.05, 0.1) is 12.8 Å². The molecule has 0 aromatic heterocycles. The highest BCUT2D eigenvalue weighted by Gasteiger charge is 2.46. The van der Waals surface area contributed by atoms with Gasteiger partial charge in [0.1, 0.15) is 11.3 Å². The number of carbonyl (C=O) groups excluding carboxylic acids is 1. The van der Waals surface area contributed by atoms with Gasteiger partial charge in [0.15, 0.2) is 0 Å². The number of hydrogen-bond donors (Lipinski definition) is 2. The lowest BCUT2D eigenvalue weighted by molar-refractivity contribution is -0.151. The van der Waals surface area contributed by atoms with Crippen LogP contribution in [0, 0.1) is 11.8 Å². The molecule has 8 nitrogen and oxygen atoms in total. The third-order valence-corrected chi connectivity index (χ3v) is 9.87. The van der Waals surface area contributed by atoms with E-state index in [1.54, 1.807) is 13.2 Å². The first-order valence-electron chi connectivity index (χ1n) is 14.8. The van der Waals surface area contributed by atoms with Crippen LogP contribution >= 0.6 is 12.1 Å². The Balaban J connectivity index is 1.51. The number of likely N-dealkylation sites (tertiary alicyclic amines) is 1. The zero-order valence-corrected chi connectivity index (χ0v) is 25.9. The number of hydroxylamine groups is 1. The van der Waals surface area contributed by atoms with E-state index in [2.05, 4.69) is 53.6 Å². The van der Waals surface area contributed by atoms with E-state index in [1.807, 2.05) is 18.2 Å². The molecule has 3 N–H and O–H groups in total. The molecule has 1 amide bonds. The summed E-state index contributed by atoms with van der Waals surface area (Å²) < 4.78 is 8.99. The van der Waals surface area contributed by atoms with Crippen LogP contribution in [0.4, 0.5) is 5.69 Å². The van der Waals surface area contributed by atoms with E-state index in [0.717, 1.165) is 63.4 Å². The Morgan fingerprint density at radius 1 is 1.27 bits per heavy atom. The molecule has 1 aromatic carbocycles. The van der Waals surface area contributed by atoms with E-state index in [-0.39, 0.29) is 0 Å². The number of ether oxygens (including phenoxy) is 1. The van der Waals surface area contributed by atoms with Gasteiger partial charge in [0.25, 0.3) is 0 Å². The first-order valence-corrected chi connectivity index (χ1v) is 15.6. The average molecular weight is 574 g/mol. The number of para-hydroxylation sites is 2. The molecule has 0 radical (unpaired) electrons. The Hall–Kier alpha value is -2.04.